The van der Waals surface area contributed by atoms with E-state index in [4.69, 9.17) is 4.42 Å². The van der Waals surface area contributed by atoms with Crippen molar-refractivity contribution in [3.8, 4) is 21.9 Å². The van der Waals surface area contributed by atoms with E-state index in [9.17, 15) is 9.18 Å². The van der Waals surface area contributed by atoms with E-state index in [1.54, 1.807) is 23.5 Å². The summed E-state index contributed by atoms with van der Waals surface area (Å²) >= 11 is 4.34. The van der Waals surface area contributed by atoms with Crippen molar-refractivity contribution in [1.29, 1.82) is 0 Å². The summed E-state index contributed by atoms with van der Waals surface area (Å²) in [6.45, 7) is 1.91. The molecular formula is C20H13FN4O2S3. The number of thioether (sulfide) groups is 1. The summed E-state index contributed by atoms with van der Waals surface area (Å²) in [7, 11) is 0. The van der Waals surface area contributed by atoms with E-state index in [1.165, 1.54) is 35.2 Å². The van der Waals surface area contributed by atoms with Crippen molar-refractivity contribution in [2.24, 2.45) is 0 Å². The third-order valence-corrected chi connectivity index (χ3v) is 7.13. The smallest absolute Gasteiger partial charge is 0.277 e. The molecule has 1 aromatic carbocycles. The molecule has 5 rings (SSSR count). The van der Waals surface area contributed by atoms with Gasteiger partial charge in [-0.2, -0.15) is 0 Å². The molecule has 1 atom stereocenters. The predicted octanol–water partition coefficient (Wildman–Crippen LogP) is 5.76. The number of rotatable bonds is 5. The standard InChI is InChI=1S/C20H13FN4O2S3/c1-10(30-20-25-24-18(27-20)11-4-6-12(21)7-5-11)16-22-17(26)15-13(9-29-19(15)23-16)14-3-2-8-28-14/h2-10H,1H3,(H,22,23,26). The fourth-order valence-corrected chi connectivity index (χ4v) is 5.45. The van der Waals surface area contributed by atoms with Gasteiger partial charge in [0.05, 0.1) is 10.6 Å². The fraction of sp³-hybridized carbons (Fsp3) is 0.100. The van der Waals surface area contributed by atoms with E-state index < -0.39 is 0 Å². The zero-order valence-electron chi connectivity index (χ0n) is 15.5. The molecule has 0 amide bonds. The number of hydrogen-bond donors (Lipinski definition) is 1. The van der Waals surface area contributed by atoms with Crippen LogP contribution in [0.25, 0.3) is 32.1 Å². The highest BCUT2D eigenvalue weighted by Gasteiger charge is 2.19. The third-order valence-electron chi connectivity index (χ3n) is 4.41. The van der Waals surface area contributed by atoms with Gasteiger partial charge in [0.1, 0.15) is 16.5 Å². The van der Waals surface area contributed by atoms with E-state index in [2.05, 4.69) is 20.2 Å². The zero-order valence-corrected chi connectivity index (χ0v) is 17.9. The van der Waals surface area contributed by atoms with Gasteiger partial charge in [0, 0.05) is 21.4 Å². The van der Waals surface area contributed by atoms with Crippen LogP contribution in [0.4, 0.5) is 4.39 Å². The van der Waals surface area contributed by atoms with Crippen molar-refractivity contribution in [1.82, 2.24) is 20.2 Å². The van der Waals surface area contributed by atoms with Crippen molar-refractivity contribution in [3.05, 3.63) is 69.2 Å². The third kappa shape index (κ3) is 3.57. The van der Waals surface area contributed by atoms with Gasteiger partial charge in [-0.25, -0.2) is 9.37 Å². The van der Waals surface area contributed by atoms with Gasteiger partial charge < -0.3 is 9.40 Å². The van der Waals surface area contributed by atoms with Gasteiger partial charge in [0.15, 0.2) is 0 Å². The molecule has 0 fully saturated rings. The Bertz CT molecular complexity index is 1370. The minimum absolute atomic E-state index is 0.162. The quantitative estimate of drug-likeness (QED) is 0.339. The maximum absolute atomic E-state index is 13.1. The van der Waals surface area contributed by atoms with Crippen molar-refractivity contribution in [2.75, 3.05) is 0 Å². The van der Waals surface area contributed by atoms with Crippen molar-refractivity contribution in [2.45, 2.75) is 17.4 Å². The van der Waals surface area contributed by atoms with Crippen molar-refractivity contribution < 1.29 is 8.81 Å². The first-order valence-corrected chi connectivity index (χ1v) is 11.5. The highest BCUT2D eigenvalue weighted by Crippen LogP contribution is 2.36. The number of fused-ring (bicyclic) bond motifs is 1. The molecule has 0 bridgehead atoms. The molecule has 0 aliphatic carbocycles. The molecule has 150 valence electrons. The summed E-state index contributed by atoms with van der Waals surface area (Å²) in [6, 6.07) is 9.79. The van der Waals surface area contributed by atoms with Crippen LogP contribution in [0.15, 0.2) is 61.6 Å². The lowest BCUT2D eigenvalue weighted by atomic mass is 10.2. The average molecular weight is 457 g/mol. The molecule has 0 saturated heterocycles. The minimum atomic E-state index is -0.331. The summed E-state index contributed by atoms with van der Waals surface area (Å²) in [5, 5.41) is 12.7. The Labute approximate surface area is 181 Å². The summed E-state index contributed by atoms with van der Waals surface area (Å²) < 4.78 is 18.8. The number of aromatic amines is 1. The zero-order chi connectivity index (χ0) is 20.7. The number of benzene rings is 1. The molecule has 5 aromatic rings. The monoisotopic (exact) mass is 456 g/mol. The lowest BCUT2D eigenvalue weighted by Crippen LogP contribution is -2.12. The van der Waals surface area contributed by atoms with E-state index in [0.29, 0.717) is 32.7 Å². The fourth-order valence-electron chi connectivity index (χ4n) is 2.94. The second-order valence-electron chi connectivity index (χ2n) is 6.40. The molecule has 4 aromatic heterocycles. The van der Waals surface area contributed by atoms with Crippen LogP contribution in [0.1, 0.15) is 18.0 Å². The molecule has 0 saturated carbocycles. The summed E-state index contributed by atoms with van der Waals surface area (Å²) in [5.74, 6) is 0.516. The first-order valence-electron chi connectivity index (χ1n) is 8.90. The van der Waals surface area contributed by atoms with Crippen LogP contribution in [0.2, 0.25) is 0 Å². The number of aromatic nitrogens is 4. The van der Waals surface area contributed by atoms with E-state index >= 15 is 0 Å². The number of nitrogens with one attached hydrogen (secondary N) is 1. The van der Waals surface area contributed by atoms with Crippen LogP contribution in [-0.4, -0.2) is 20.2 Å². The van der Waals surface area contributed by atoms with Gasteiger partial charge in [-0.3, -0.25) is 4.79 Å². The van der Waals surface area contributed by atoms with Gasteiger partial charge in [0.2, 0.25) is 5.89 Å². The number of halogens is 1. The molecular weight excluding hydrogens is 443 g/mol. The summed E-state index contributed by atoms with van der Waals surface area (Å²) in [4.78, 5) is 22.1. The number of H-pyrrole nitrogens is 1. The highest BCUT2D eigenvalue weighted by atomic mass is 32.2. The lowest BCUT2D eigenvalue weighted by Gasteiger charge is -2.07. The Morgan fingerprint density at radius 2 is 2.00 bits per heavy atom. The Morgan fingerprint density at radius 1 is 1.17 bits per heavy atom. The second kappa shape index (κ2) is 7.78. The lowest BCUT2D eigenvalue weighted by molar-refractivity contribution is 0.464. The topological polar surface area (TPSA) is 84.7 Å². The number of hydrogen-bond acceptors (Lipinski definition) is 8. The highest BCUT2D eigenvalue weighted by molar-refractivity contribution is 7.99. The van der Waals surface area contributed by atoms with Crippen molar-refractivity contribution in [3.63, 3.8) is 0 Å². The summed E-state index contributed by atoms with van der Waals surface area (Å²) in [6.07, 6.45) is 0. The largest absolute Gasteiger partial charge is 0.411 e. The van der Waals surface area contributed by atoms with Crippen LogP contribution in [-0.2, 0) is 0 Å². The van der Waals surface area contributed by atoms with Gasteiger partial charge in [-0.05, 0) is 42.6 Å². The molecule has 1 unspecified atom stereocenters. The van der Waals surface area contributed by atoms with Gasteiger partial charge in [0.25, 0.3) is 10.8 Å². The Balaban J connectivity index is 1.41. The van der Waals surface area contributed by atoms with Gasteiger partial charge in [-0.1, -0.05) is 17.8 Å². The molecule has 10 heteroatoms. The first kappa shape index (κ1) is 19.2. The molecule has 0 aliphatic rings. The number of thiophene rings is 2. The SMILES string of the molecule is CC(Sc1nnc(-c2ccc(F)cc2)o1)c1nc2scc(-c3cccs3)c2c(=O)[nH]1. The van der Waals surface area contributed by atoms with E-state index in [1.807, 2.05) is 29.8 Å². The predicted molar refractivity (Wildman–Crippen MR) is 118 cm³/mol. The van der Waals surface area contributed by atoms with Crippen LogP contribution >= 0.6 is 34.4 Å². The Morgan fingerprint density at radius 3 is 2.77 bits per heavy atom. The van der Waals surface area contributed by atoms with Crippen LogP contribution in [0.3, 0.4) is 0 Å². The number of nitrogens with zero attached hydrogens (tertiary/aromatic N) is 3. The van der Waals surface area contributed by atoms with Gasteiger partial charge >= 0.3 is 0 Å². The second-order valence-corrected chi connectivity index (χ2v) is 9.50. The van der Waals surface area contributed by atoms with Crippen LogP contribution in [0, 0.1) is 5.82 Å². The van der Waals surface area contributed by atoms with E-state index in [0.717, 1.165) is 10.4 Å². The Hall–Kier alpha value is -2.82. The molecule has 4 heterocycles. The summed E-state index contributed by atoms with van der Waals surface area (Å²) in [5.41, 5.74) is 1.38. The maximum Gasteiger partial charge on any atom is 0.277 e. The molecule has 6 nitrogen and oxygen atoms in total. The molecule has 0 spiro atoms. The molecule has 0 aliphatic heterocycles. The normalized spacial score (nSPS) is 12.5. The first-order chi connectivity index (χ1) is 14.6. The Kier molecular flexibility index (Phi) is 4.97. The van der Waals surface area contributed by atoms with Crippen molar-refractivity contribution >= 4 is 44.7 Å². The maximum atomic E-state index is 13.1. The molecule has 1 N–H and O–H groups in total. The van der Waals surface area contributed by atoms with Crippen LogP contribution in [0.5, 0.6) is 0 Å². The molecule has 30 heavy (non-hydrogen) atoms. The van der Waals surface area contributed by atoms with Crippen LogP contribution < -0.4 is 5.56 Å². The molecule has 0 radical (unpaired) electrons. The minimum Gasteiger partial charge on any atom is -0.411 e. The van der Waals surface area contributed by atoms with Gasteiger partial charge in [-0.15, -0.1) is 32.9 Å². The van der Waals surface area contributed by atoms with E-state index in [-0.39, 0.29) is 16.6 Å². The average Bonchev–Trinajstić information content (AvgIpc) is 3.49.